The molecule has 0 radical (unpaired) electrons. The van der Waals surface area contributed by atoms with Gasteiger partial charge in [-0.15, -0.1) is 0 Å². The molecule has 1 aliphatic heterocycles. The number of anilines is 1. The molecule has 5 nitrogen and oxygen atoms in total. The van der Waals surface area contributed by atoms with E-state index in [1.54, 1.807) is 18.1 Å². The van der Waals surface area contributed by atoms with E-state index in [9.17, 15) is 9.59 Å². The molecule has 0 aromatic heterocycles. The first-order valence-corrected chi connectivity index (χ1v) is 8.83. The zero-order valence-corrected chi connectivity index (χ0v) is 15.5. The second-order valence-electron chi connectivity index (χ2n) is 6.37. The standard InChI is InChI=1S/C20H21ClN2O3/c1-13-7-8-16(10-17(13)21)23-12-15(9-19(23)24)20(25)22-11-14-5-3-4-6-18(14)26-2/h3-8,10,15H,9,11-12H2,1-2H3,(H,22,25)/t15-/m1/s1. The summed E-state index contributed by atoms with van der Waals surface area (Å²) in [5.41, 5.74) is 2.58. The summed E-state index contributed by atoms with van der Waals surface area (Å²) >= 11 is 6.16. The topological polar surface area (TPSA) is 58.6 Å². The van der Waals surface area contributed by atoms with E-state index < -0.39 is 0 Å². The van der Waals surface area contributed by atoms with Crippen molar-refractivity contribution in [3.63, 3.8) is 0 Å². The molecule has 1 aliphatic rings. The first-order chi connectivity index (χ1) is 12.5. The molecular weight excluding hydrogens is 352 g/mol. The molecule has 1 heterocycles. The molecule has 2 aromatic rings. The number of hydrogen-bond acceptors (Lipinski definition) is 3. The van der Waals surface area contributed by atoms with Gasteiger partial charge in [0.1, 0.15) is 5.75 Å². The van der Waals surface area contributed by atoms with Crippen LogP contribution < -0.4 is 15.0 Å². The summed E-state index contributed by atoms with van der Waals surface area (Å²) in [4.78, 5) is 26.5. The molecule has 0 aliphatic carbocycles. The number of carbonyl (C=O) groups excluding carboxylic acids is 2. The van der Waals surface area contributed by atoms with Gasteiger partial charge in [-0.1, -0.05) is 35.9 Å². The maximum Gasteiger partial charge on any atom is 0.227 e. The SMILES string of the molecule is COc1ccccc1CNC(=O)[C@@H]1CC(=O)N(c2ccc(C)c(Cl)c2)C1. The Morgan fingerprint density at radius 1 is 1.31 bits per heavy atom. The van der Waals surface area contributed by atoms with Crippen molar-refractivity contribution in [3.8, 4) is 5.75 Å². The molecule has 0 spiro atoms. The number of amides is 2. The van der Waals surface area contributed by atoms with Crippen LogP contribution in [0.4, 0.5) is 5.69 Å². The van der Waals surface area contributed by atoms with Crippen molar-refractivity contribution < 1.29 is 14.3 Å². The van der Waals surface area contributed by atoms with Crippen LogP contribution in [-0.2, 0) is 16.1 Å². The number of ether oxygens (including phenoxy) is 1. The van der Waals surface area contributed by atoms with E-state index in [0.29, 0.717) is 18.1 Å². The lowest BCUT2D eigenvalue weighted by Crippen LogP contribution is -2.32. The molecule has 2 amide bonds. The van der Waals surface area contributed by atoms with E-state index in [-0.39, 0.29) is 24.2 Å². The predicted molar refractivity (Wildman–Crippen MR) is 101 cm³/mol. The van der Waals surface area contributed by atoms with E-state index in [4.69, 9.17) is 16.3 Å². The molecule has 1 fully saturated rings. The van der Waals surface area contributed by atoms with Crippen molar-refractivity contribution in [3.05, 3.63) is 58.6 Å². The molecule has 136 valence electrons. The fourth-order valence-electron chi connectivity index (χ4n) is 3.06. The number of halogens is 1. The minimum Gasteiger partial charge on any atom is -0.496 e. The molecule has 0 bridgehead atoms. The van der Waals surface area contributed by atoms with Gasteiger partial charge in [0, 0.05) is 35.8 Å². The summed E-state index contributed by atoms with van der Waals surface area (Å²) in [6.45, 7) is 2.63. The van der Waals surface area contributed by atoms with E-state index in [1.807, 2.05) is 43.3 Å². The fraction of sp³-hybridized carbons (Fsp3) is 0.300. The summed E-state index contributed by atoms with van der Waals surface area (Å²) in [6.07, 6.45) is 0.198. The molecule has 1 atom stereocenters. The van der Waals surface area contributed by atoms with Crippen LogP contribution in [0, 0.1) is 12.8 Å². The smallest absolute Gasteiger partial charge is 0.227 e. The highest BCUT2D eigenvalue weighted by molar-refractivity contribution is 6.31. The first kappa shape index (κ1) is 18.3. The number of methoxy groups -OCH3 is 1. The number of nitrogens with one attached hydrogen (secondary N) is 1. The highest BCUT2D eigenvalue weighted by atomic mass is 35.5. The summed E-state index contributed by atoms with van der Waals surface area (Å²) < 4.78 is 5.29. The average Bonchev–Trinajstić information content (AvgIpc) is 3.04. The molecule has 26 heavy (non-hydrogen) atoms. The minimum atomic E-state index is -0.378. The fourth-order valence-corrected chi connectivity index (χ4v) is 3.23. The molecule has 1 saturated heterocycles. The number of para-hydroxylation sites is 1. The van der Waals surface area contributed by atoms with Crippen molar-refractivity contribution in [2.45, 2.75) is 19.9 Å². The van der Waals surface area contributed by atoms with Gasteiger partial charge in [0.05, 0.1) is 13.0 Å². The van der Waals surface area contributed by atoms with Crippen LogP contribution in [0.5, 0.6) is 5.75 Å². The van der Waals surface area contributed by atoms with Crippen LogP contribution in [0.1, 0.15) is 17.5 Å². The zero-order valence-electron chi connectivity index (χ0n) is 14.8. The third-order valence-electron chi connectivity index (χ3n) is 4.61. The van der Waals surface area contributed by atoms with Gasteiger partial charge in [-0.05, 0) is 30.7 Å². The average molecular weight is 373 g/mol. The van der Waals surface area contributed by atoms with Crippen molar-refractivity contribution in [1.82, 2.24) is 5.32 Å². The monoisotopic (exact) mass is 372 g/mol. The minimum absolute atomic E-state index is 0.0673. The Kier molecular flexibility index (Phi) is 5.47. The number of hydrogen-bond donors (Lipinski definition) is 1. The number of rotatable bonds is 5. The van der Waals surface area contributed by atoms with Gasteiger partial charge >= 0.3 is 0 Å². The van der Waals surface area contributed by atoms with Gasteiger partial charge in [-0.3, -0.25) is 9.59 Å². The van der Waals surface area contributed by atoms with Crippen LogP contribution in [-0.4, -0.2) is 25.5 Å². The lowest BCUT2D eigenvalue weighted by atomic mass is 10.1. The lowest BCUT2D eigenvalue weighted by Gasteiger charge is -2.17. The number of nitrogens with zero attached hydrogens (tertiary/aromatic N) is 1. The Morgan fingerprint density at radius 3 is 2.81 bits per heavy atom. The Balaban J connectivity index is 1.64. The van der Waals surface area contributed by atoms with Crippen LogP contribution in [0.3, 0.4) is 0 Å². The maximum atomic E-state index is 12.5. The second-order valence-corrected chi connectivity index (χ2v) is 6.78. The van der Waals surface area contributed by atoms with Gasteiger partial charge < -0.3 is 15.0 Å². The first-order valence-electron chi connectivity index (χ1n) is 8.45. The predicted octanol–water partition coefficient (Wildman–Crippen LogP) is 3.33. The van der Waals surface area contributed by atoms with Crippen molar-refractivity contribution >= 4 is 29.1 Å². The summed E-state index contributed by atoms with van der Waals surface area (Å²) in [5, 5.41) is 3.52. The lowest BCUT2D eigenvalue weighted by molar-refractivity contribution is -0.126. The van der Waals surface area contributed by atoms with Crippen LogP contribution >= 0.6 is 11.6 Å². The second kappa shape index (κ2) is 7.79. The van der Waals surface area contributed by atoms with Crippen molar-refractivity contribution in [2.75, 3.05) is 18.6 Å². The maximum absolute atomic E-state index is 12.5. The van der Waals surface area contributed by atoms with Crippen LogP contribution in [0.15, 0.2) is 42.5 Å². The Labute approximate surface area is 157 Å². The molecule has 2 aromatic carbocycles. The van der Waals surface area contributed by atoms with Gasteiger partial charge in [0.15, 0.2) is 0 Å². The molecular formula is C20H21ClN2O3. The Hall–Kier alpha value is -2.53. The van der Waals surface area contributed by atoms with Crippen molar-refractivity contribution in [1.29, 1.82) is 0 Å². The molecule has 1 N–H and O–H groups in total. The van der Waals surface area contributed by atoms with E-state index >= 15 is 0 Å². The summed E-state index contributed by atoms with van der Waals surface area (Å²) in [5.74, 6) is 0.149. The van der Waals surface area contributed by atoms with Crippen LogP contribution in [0.2, 0.25) is 5.02 Å². The highest BCUT2D eigenvalue weighted by Gasteiger charge is 2.35. The summed E-state index contributed by atoms with van der Waals surface area (Å²) in [7, 11) is 1.60. The Morgan fingerprint density at radius 2 is 2.08 bits per heavy atom. The number of aryl methyl sites for hydroxylation is 1. The van der Waals surface area contributed by atoms with E-state index in [2.05, 4.69) is 5.32 Å². The highest BCUT2D eigenvalue weighted by Crippen LogP contribution is 2.29. The molecule has 0 saturated carbocycles. The normalized spacial score (nSPS) is 16.7. The molecule has 6 heteroatoms. The quantitative estimate of drug-likeness (QED) is 0.875. The van der Waals surface area contributed by atoms with E-state index in [0.717, 1.165) is 22.6 Å². The van der Waals surface area contributed by atoms with Gasteiger partial charge in [-0.25, -0.2) is 0 Å². The third-order valence-corrected chi connectivity index (χ3v) is 5.02. The van der Waals surface area contributed by atoms with Gasteiger partial charge in [0.2, 0.25) is 11.8 Å². The summed E-state index contributed by atoms with van der Waals surface area (Å²) in [6, 6.07) is 13.0. The third kappa shape index (κ3) is 3.83. The zero-order chi connectivity index (χ0) is 18.7. The molecule has 0 unspecified atom stereocenters. The van der Waals surface area contributed by atoms with Gasteiger partial charge in [-0.2, -0.15) is 0 Å². The van der Waals surface area contributed by atoms with Crippen molar-refractivity contribution in [2.24, 2.45) is 5.92 Å². The van der Waals surface area contributed by atoms with E-state index in [1.165, 1.54) is 0 Å². The van der Waals surface area contributed by atoms with Crippen LogP contribution in [0.25, 0.3) is 0 Å². The molecule has 3 rings (SSSR count). The largest absolute Gasteiger partial charge is 0.496 e. The number of carbonyl (C=O) groups is 2. The number of benzene rings is 2. The Bertz CT molecular complexity index is 838. The van der Waals surface area contributed by atoms with Gasteiger partial charge in [0.25, 0.3) is 0 Å².